The van der Waals surface area contributed by atoms with Crippen LogP contribution in [-0.4, -0.2) is 49.2 Å². The van der Waals surface area contributed by atoms with Gasteiger partial charge in [-0.3, -0.25) is 9.78 Å². The molecule has 30 heavy (non-hydrogen) atoms. The predicted molar refractivity (Wildman–Crippen MR) is 118 cm³/mol. The molecule has 0 aliphatic carbocycles. The number of hydrogen-bond donors (Lipinski definition) is 1. The molecule has 1 aromatic carbocycles. The molecule has 9 heteroatoms. The fraction of sp³-hybridized carbons (Fsp3) is 0.333. The molecule has 0 unspecified atom stereocenters. The Kier molecular flexibility index (Phi) is 6.92. The Morgan fingerprint density at radius 2 is 2.07 bits per heavy atom. The summed E-state index contributed by atoms with van der Waals surface area (Å²) < 4.78 is 27.9. The van der Waals surface area contributed by atoms with Crippen LogP contribution < -0.4 is 4.72 Å². The van der Waals surface area contributed by atoms with Crippen molar-refractivity contribution in [2.24, 2.45) is 0 Å². The number of pyridine rings is 1. The molecule has 1 aromatic heterocycles. The SMILES string of the molecule is Cc1ncc2c(c1CNS(=O)(=O)N(C)C)CCN(C(=O)/C=C/c1ccccc1Cl)C2. The third-order valence-electron chi connectivity index (χ3n) is 5.13. The molecule has 1 N–H and O–H groups in total. The van der Waals surface area contributed by atoms with Gasteiger partial charge >= 0.3 is 0 Å². The van der Waals surface area contributed by atoms with E-state index in [9.17, 15) is 13.2 Å². The summed E-state index contributed by atoms with van der Waals surface area (Å²) in [4.78, 5) is 18.8. The van der Waals surface area contributed by atoms with E-state index in [1.54, 1.807) is 23.2 Å². The van der Waals surface area contributed by atoms with Gasteiger partial charge in [0, 0.05) is 56.7 Å². The molecule has 1 aliphatic heterocycles. The van der Waals surface area contributed by atoms with E-state index in [2.05, 4.69) is 9.71 Å². The zero-order valence-electron chi connectivity index (χ0n) is 17.2. The van der Waals surface area contributed by atoms with Crippen LogP contribution in [0.25, 0.3) is 6.08 Å². The zero-order valence-corrected chi connectivity index (χ0v) is 18.8. The lowest BCUT2D eigenvalue weighted by Crippen LogP contribution is -2.37. The molecule has 160 valence electrons. The Hall–Kier alpha value is -2.26. The fourth-order valence-electron chi connectivity index (χ4n) is 3.31. The maximum atomic E-state index is 12.7. The van der Waals surface area contributed by atoms with Gasteiger partial charge < -0.3 is 4.90 Å². The van der Waals surface area contributed by atoms with Crippen LogP contribution in [0.3, 0.4) is 0 Å². The molecule has 2 aromatic rings. The van der Waals surface area contributed by atoms with Crippen LogP contribution in [0, 0.1) is 6.92 Å². The van der Waals surface area contributed by atoms with E-state index in [4.69, 9.17) is 11.6 Å². The molecule has 0 radical (unpaired) electrons. The summed E-state index contributed by atoms with van der Waals surface area (Å²) in [5, 5.41) is 0.593. The first-order valence-electron chi connectivity index (χ1n) is 9.54. The van der Waals surface area contributed by atoms with E-state index in [1.807, 2.05) is 25.1 Å². The molecule has 1 amide bonds. The number of aromatic nitrogens is 1. The second kappa shape index (κ2) is 9.26. The number of halogens is 1. The monoisotopic (exact) mass is 448 g/mol. The van der Waals surface area contributed by atoms with Crippen LogP contribution in [0.4, 0.5) is 0 Å². The number of nitrogens with one attached hydrogen (secondary N) is 1. The van der Waals surface area contributed by atoms with E-state index >= 15 is 0 Å². The number of benzene rings is 1. The molecule has 0 atom stereocenters. The van der Waals surface area contributed by atoms with Crippen LogP contribution in [0.2, 0.25) is 5.02 Å². The molecule has 0 bridgehead atoms. The normalized spacial score (nSPS) is 14.4. The van der Waals surface area contributed by atoms with Gasteiger partial charge in [-0.2, -0.15) is 17.4 Å². The van der Waals surface area contributed by atoms with Crippen molar-refractivity contribution in [3.8, 4) is 0 Å². The van der Waals surface area contributed by atoms with Crippen LogP contribution in [0.1, 0.15) is 27.9 Å². The first-order valence-corrected chi connectivity index (χ1v) is 11.4. The average molecular weight is 449 g/mol. The van der Waals surface area contributed by atoms with Gasteiger partial charge in [-0.1, -0.05) is 29.8 Å². The smallest absolute Gasteiger partial charge is 0.279 e. The number of rotatable bonds is 6. The minimum absolute atomic E-state index is 0.101. The third kappa shape index (κ3) is 5.07. The van der Waals surface area contributed by atoms with E-state index < -0.39 is 10.2 Å². The second-order valence-corrected chi connectivity index (χ2v) is 9.68. The number of nitrogens with zero attached hydrogens (tertiary/aromatic N) is 3. The summed E-state index contributed by atoms with van der Waals surface area (Å²) in [7, 11) is -0.571. The van der Waals surface area contributed by atoms with Crippen LogP contribution in [-0.2, 0) is 34.5 Å². The van der Waals surface area contributed by atoms with E-state index in [-0.39, 0.29) is 12.5 Å². The quantitative estimate of drug-likeness (QED) is 0.688. The highest BCUT2D eigenvalue weighted by Crippen LogP contribution is 2.25. The van der Waals surface area contributed by atoms with Gasteiger partial charge in [0.1, 0.15) is 0 Å². The van der Waals surface area contributed by atoms with Gasteiger partial charge in [0.05, 0.1) is 0 Å². The number of carbonyl (C=O) groups is 1. The largest absolute Gasteiger partial charge is 0.334 e. The highest BCUT2D eigenvalue weighted by molar-refractivity contribution is 7.87. The van der Waals surface area contributed by atoms with Gasteiger partial charge in [-0.05, 0) is 47.7 Å². The van der Waals surface area contributed by atoms with Gasteiger partial charge in [-0.15, -0.1) is 0 Å². The van der Waals surface area contributed by atoms with Crippen LogP contribution >= 0.6 is 11.6 Å². The minimum Gasteiger partial charge on any atom is -0.334 e. The Morgan fingerprint density at radius 1 is 1.33 bits per heavy atom. The summed E-state index contributed by atoms with van der Waals surface area (Å²) in [5.41, 5.74) is 4.44. The van der Waals surface area contributed by atoms with E-state index in [0.717, 1.165) is 32.3 Å². The summed E-state index contributed by atoms with van der Waals surface area (Å²) in [6, 6.07) is 7.34. The van der Waals surface area contributed by atoms with Crippen molar-refractivity contribution < 1.29 is 13.2 Å². The fourth-order valence-corrected chi connectivity index (χ4v) is 4.10. The first kappa shape index (κ1) is 22.4. The molecular formula is C21H25ClN4O3S. The molecule has 3 rings (SSSR count). The van der Waals surface area contributed by atoms with Crippen molar-refractivity contribution in [2.75, 3.05) is 20.6 Å². The lowest BCUT2D eigenvalue weighted by atomic mass is 9.95. The number of aryl methyl sites for hydroxylation is 1. The Balaban J connectivity index is 1.75. The van der Waals surface area contributed by atoms with Gasteiger partial charge in [0.25, 0.3) is 10.2 Å². The molecule has 0 spiro atoms. The van der Waals surface area contributed by atoms with E-state index in [1.165, 1.54) is 20.2 Å². The number of fused-ring (bicyclic) bond motifs is 1. The minimum atomic E-state index is -3.53. The lowest BCUT2D eigenvalue weighted by molar-refractivity contribution is -0.126. The molecule has 0 saturated heterocycles. The summed E-state index contributed by atoms with van der Waals surface area (Å²) in [6.07, 6.45) is 5.66. The Labute approximate surface area is 182 Å². The predicted octanol–water partition coefficient (Wildman–Crippen LogP) is 2.54. The third-order valence-corrected chi connectivity index (χ3v) is 6.94. The van der Waals surface area contributed by atoms with Gasteiger partial charge in [0.15, 0.2) is 0 Å². The van der Waals surface area contributed by atoms with E-state index in [0.29, 0.717) is 24.5 Å². The molecule has 0 saturated carbocycles. The summed E-state index contributed by atoms with van der Waals surface area (Å²) >= 11 is 6.14. The number of hydrogen-bond acceptors (Lipinski definition) is 4. The average Bonchev–Trinajstić information content (AvgIpc) is 2.71. The van der Waals surface area contributed by atoms with Gasteiger partial charge in [-0.25, -0.2) is 0 Å². The molecule has 2 heterocycles. The number of carbonyl (C=O) groups excluding carboxylic acids is 1. The Morgan fingerprint density at radius 3 is 2.77 bits per heavy atom. The molecule has 1 aliphatic rings. The lowest BCUT2D eigenvalue weighted by Gasteiger charge is -2.30. The first-order chi connectivity index (χ1) is 14.2. The standard InChI is InChI=1S/C21H25ClN4O3S/c1-15-19(13-24-30(28,29)25(2)3)18-10-11-26(14-17(18)12-23-15)21(27)9-8-16-6-4-5-7-20(16)22/h4-9,12,24H,10-11,13-14H2,1-3H3/b9-8+. The van der Waals surface area contributed by atoms with Crippen molar-refractivity contribution in [1.82, 2.24) is 18.9 Å². The maximum Gasteiger partial charge on any atom is 0.279 e. The number of amides is 1. The summed E-state index contributed by atoms with van der Waals surface area (Å²) in [6.45, 7) is 3.02. The summed E-state index contributed by atoms with van der Waals surface area (Å²) in [5.74, 6) is -0.101. The van der Waals surface area contributed by atoms with Crippen LogP contribution in [0.5, 0.6) is 0 Å². The highest BCUT2D eigenvalue weighted by atomic mass is 35.5. The van der Waals surface area contributed by atoms with Crippen molar-refractivity contribution in [1.29, 1.82) is 0 Å². The molecular weight excluding hydrogens is 424 g/mol. The maximum absolute atomic E-state index is 12.7. The van der Waals surface area contributed by atoms with Crippen molar-refractivity contribution in [3.63, 3.8) is 0 Å². The highest BCUT2D eigenvalue weighted by Gasteiger charge is 2.24. The van der Waals surface area contributed by atoms with Crippen LogP contribution in [0.15, 0.2) is 36.5 Å². The topological polar surface area (TPSA) is 82.6 Å². The molecule has 7 nitrogen and oxygen atoms in total. The van der Waals surface area contributed by atoms with Crippen molar-refractivity contribution in [2.45, 2.75) is 26.4 Å². The zero-order chi connectivity index (χ0) is 21.9. The Bertz CT molecular complexity index is 1080. The second-order valence-electron chi connectivity index (χ2n) is 7.30. The van der Waals surface area contributed by atoms with Gasteiger partial charge in [0.2, 0.25) is 5.91 Å². The van der Waals surface area contributed by atoms with Crippen molar-refractivity contribution in [3.05, 3.63) is 69.5 Å². The molecule has 0 fully saturated rings. The van der Waals surface area contributed by atoms with Crippen molar-refractivity contribution >= 4 is 33.8 Å².